The van der Waals surface area contributed by atoms with Gasteiger partial charge in [0.15, 0.2) is 0 Å². The maximum atomic E-state index is 13.0. The molecule has 0 bridgehead atoms. The SMILES string of the molecule is Cc1ccc(-c2nc(C(=O)N(C3CCCC3)C3CC3)cs2)cc1. The van der Waals surface area contributed by atoms with Crippen LogP contribution < -0.4 is 0 Å². The number of aryl methyl sites for hydroxylation is 1. The highest BCUT2D eigenvalue weighted by atomic mass is 32.1. The Morgan fingerprint density at radius 1 is 1.09 bits per heavy atom. The van der Waals surface area contributed by atoms with Crippen LogP contribution in [-0.4, -0.2) is 27.9 Å². The van der Waals surface area contributed by atoms with Crippen molar-refractivity contribution >= 4 is 17.2 Å². The van der Waals surface area contributed by atoms with E-state index in [2.05, 4.69) is 41.1 Å². The molecular weight excluding hydrogens is 304 g/mol. The normalized spacial score (nSPS) is 18.3. The van der Waals surface area contributed by atoms with Crippen LogP contribution in [0.2, 0.25) is 0 Å². The lowest BCUT2D eigenvalue weighted by Crippen LogP contribution is -2.40. The second kappa shape index (κ2) is 6.08. The van der Waals surface area contributed by atoms with Gasteiger partial charge >= 0.3 is 0 Å². The van der Waals surface area contributed by atoms with Crippen molar-refractivity contribution in [3.63, 3.8) is 0 Å². The lowest BCUT2D eigenvalue weighted by atomic mass is 10.1. The van der Waals surface area contributed by atoms with E-state index in [-0.39, 0.29) is 5.91 Å². The summed E-state index contributed by atoms with van der Waals surface area (Å²) in [6.45, 7) is 2.08. The Bertz CT molecular complexity index is 696. The van der Waals surface area contributed by atoms with Crippen LogP contribution in [0.15, 0.2) is 29.6 Å². The van der Waals surface area contributed by atoms with E-state index in [0.717, 1.165) is 36.3 Å². The fraction of sp³-hybridized carbons (Fsp3) is 0.474. The largest absolute Gasteiger partial charge is 0.331 e. The van der Waals surface area contributed by atoms with Crippen molar-refractivity contribution in [2.75, 3.05) is 0 Å². The molecular formula is C19H22N2OS. The maximum absolute atomic E-state index is 13.0. The van der Waals surface area contributed by atoms with Crippen LogP contribution in [0.3, 0.4) is 0 Å². The molecule has 1 aromatic heterocycles. The summed E-state index contributed by atoms with van der Waals surface area (Å²) < 4.78 is 0. The Morgan fingerprint density at radius 2 is 1.74 bits per heavy atom. The highest BCUT2D eigenvalue weighted by Gasteiger charge is 2.39. The van der Waals surface area contributed by atoms with Crippen molar-refractivity contribution in [3.05, 3.63) is 40.9 Å². The average Bonchev–Trinajstić information content (AvgIpc) is 3.04. The molecule has 0 radical (unpaired) electrons. The molecule has 120 valence electrons. The van der Waals surface area contributed by atoms with E-state index >= 15 is 0 Å². The van der Waals surface area contributed by atoms with Gasteiger partial charge in [-0.2, -0.15) is 0 Å². The van der Waals surface area contributed by atoms with Gasteiger partial charge in [0.1, 0.15) is 10.7 Å². The molecule has 0 spiro atoms. The molecule has 4 rings (SSSR count). The van der Waals surface area contributed by atoms with Crippen LogP contribution in [0.5, 0.6) is 0 Å². The first-order valence-electron chi connectivity index (χ1n) is 8.57. The van der Waals surface area contributed by atoms with Gasteiger partial charge in [0, 0.05) is 23.0 Å². The molecule has 4 heteroatoms. The van der Waals surface area contributed by atoms with Crippen LogP contribution in [0, 0.1) is 6.92 Å². The van der Waals surface area contributed by atoms with Crippen molar-refractivity contribution < 1.29 is 4.79 Å². The van der Waals surface area contributed by atoms with Gasteiger partial charge in [-0.25, -0.2) is 4.98 Å². The summed E-state index contributed by atoms with van der Waals surface area (Å²) in [4.78, 5) is 19.8. The van der Waals surface area contributed by atoms with E-state index in [1.54, 1.807) is 11.3 Å². The van der Waals surface area contributed by atoms with Crippen molar-refractivity contribution in [3.8, 4) is 10.6 Å². The standard InChI is InChI=1S/C19H22N2OS/c1-13-6-8-14(9-7-13)18-20-17(12-23-18)19(22)21(16-10-11-16)15-4-2-3-5-15/h6-9,12,15-16H,2-5,10-11H2,1H3. The molecule has 3 nitrogen and oxygen atoms in total. The van der Waals surface area contributed by atoms with E-state index in [1.165, 1.54) is 18.4 Å². The summed E-state index contributed by atoms with van der Waals surface area (Å²) in [6.07, 6.45) is 7.17. The summed E-state index contributed by atoms with van der Waals surface area (Å²) in [6, 6.07) is 9.26. The van der Waals surface area contributed by atoms with E-state index in [9.17, 15) is 4.79 Å². The number of rotatable bonds is 4. The van der Waals surface area contributed by atoms with Crippen LogP contribution >= 0.6 is 11.3 Å². The van der Waals surface area contributed by atoms with Crippen molar-refractivity contribution in [2.45, 2.75) is 57.5 Å². The van der Waals surface area contributed by atoms with Gasteiger partial charge in [0.05, 0.1) is 0 Å². The summed E-state index contributed by atoms with van der Waals surface area (Å²) in [7, 11) is 0. The molecule has 2 fully saturated rings. The predicted octanol–water partition coefficient (Wildman–Crippen LogP) is 4.67. The highest BCUT2D eigenvalue weighted by Crippen LogP contribution is 2.36. The molecule has 2 aromatic rings. The van der Waals surface area contributed by atoms with Gasteiger partial charge < -0.3 is 4.90 Å². The van der Waals surface area contributed by atoms with E-state index in [4.69, 9.17) is 0 Å². The minimum atomic E-state index is 0.147. The quantitative estimate of drug-likeness (QED) is 0.818. The number of carbonyl (C=O) groups is 1. The molecule has 0 unspecified atom stereocenters. The topological polar surface area (TPSA) is 33.2 Å². The number of nitrogens with zero attached hydrogens (tertiary/aromatic N) is 2. The van der Waals surface area contributed by atoms with Crippen LogP contribution in [-0.2, 0) is 0 Å². The smallest absolute Gasteiger partial charge is 0.273 e. The molecule has 23 heavy (non-hydrogen) atoms. The second-order valence-corrected chi connectivity index (χ2v) is 7.64. The third-order valence-electron chi connectivity index (χ3n) is 4.91. The lowest BCUT2D eigenvalue weighted by molar-refractivity contribution is 0.0659. The van der Waals surface area contributed by atoms with Crippen molar-refractivity contribution in [1.82, 2.24) is 9.88 Å². The zero-order valence-electron chi connectivity index (χ0n) is 13.5. The average molecular weight is 326 g/mol. The molecule has 0 aliphatic heterocycles. The third kappa shape index (κ3) is 3.05. The molecule has 2 saturated carbocycles. The molecule has 0 saturated heterocycles. The Morgan fingerprint density at radius 3 is 2.39 bits per heavy atom. The number of benzene rings is 1. The number of thiazole rings is 1. The fourth-order valence-electron chi connectivity index (χ4n) is 3.50. The molecule has 1 aromatic carbocycles. The van der Waals surface area contributed by atoms with Gasteiger partial charge in [-0.3, -0.25) is 4.79 Å². The van der Waals surface area contributed by atoms with E-state index in [0.29, 0.717) is 17.8 Å². The van der Waals surface area contributed by atoms with E-state index in [1.807, 2.05) is 5.38 Å². The number of carbonyl (C=O) groups excluding carboxylic acids is 1. The Balaban J connectivity index is 1.57. The summed E-state index contributed by atoms with van der Waals surface area (Å²) in [5.41, 5.74) is 2.96. The number of hydrogen-bond acceptors (Lipinski definition) is 3. The minimum Gasteiger partial charge on any atom is -0.331 e. The first kappa shape index (κ1) is 14.9. The van der Waals surface area contributed by atoms with E-state index < -0.39 is 0 Å². The Kier molecular flexibility index (Phi) is 3.93. The van der Waals surface area contributed by atoms with Gasteiger partial charge in [-0.05, 0) is 32.6 Å². The van der Waals surface area contributed by atoms with Gasteiger partial charge in [0.25, 0.3) is 5.91 Å². The fourth-order valence-corrected chi connectivity index (χ4v) is 4.30. The van der Waals surface area contributed by atoms with Crippen molar-refractivity contribution in [1.29, 1.82) is 0 Å². The van der Waals surface area contributed by atoms with Crippen molar-refractivity contribution in [2.24, 2.45) is 0 Å². The predicted molar refractivity (Wildman–Crippen MR) is 93.7 cm³/mol. The monoisotopic (exact) mass is 326 g/mol. The summed E-state index contributed by atoms with van der Waals surface area (Å²) >= 11 is 1.57. The number of amides is 1. The first-order valence-corrected chi connectivity index (χ1v) is 9.45. The molecule has 1 heterocycles. The third-order valence-corrected chi connectivity index (χ3v) is 5.81. The lowest BCUT2D eigenvalue weighted by Gasteiger charge is -2.28. The Hall–Kier alpha value is -1.68. The zero-order valence-corrected chi connectivity index (χ0v) is 14.3. The van der Waals surface area contributed by atoms with Crippen LogP contribution in [0.4, 0.5) is 0 Å². The summed E-state index contributed by atoms with van der Waals surface area (Å²) in [5, 5.41) is 2.87. The highest BCUT2D eigenvalue weighted by molar-refractivity contribution is 7.13. The minimum absolute atomic E-state index is 0.147. The first-order chi connectivity index (χ1) is 11.2. The van der Waals surface area contributed by atoms with Crippen LogP contribution in [0.25, 0.3) is 10.6 Å². The molecule has 0 atom stereocenters. The summed E-state index contributed by atoms with van der Waals surface area (Å²) in [5.74, 6) is 0.147. The van der Waals surface area contributed by atoms with Gasteiger partial charge in [-0.1, -0.05) is 42.7 Å². The Labute approximate surface area is 141 Å². The number of aromatic nitrogens is 1. The van der Waals surface area contributed by atoms with Crippen LogP contribution in [0.1, 0.15) is 54.6 Å². The zero-order chi connectivity index (χ0) is 15.8. The number of hydrogen-bond donors (Lipinski definition) is 0. The maximum Gasteiger partial charge on any atom is 0.273 e. The molecule has 2 aliphatic carbocycles. The van der Waals surface area contributed by atoms with Gasteiger partial charge in [0.2, 0.25) is 0 Å². The second-order valence-electron chi connectivity index (χ2n) is 6.79. The molecule has 0 N–H and O–H groups in total. The van der Waals surface area contributed by atoms with Gasteiger partial charge in [-0.15, -0.1) is 11.3 Å². The molecule has 1 amide bonds. The molecule has 2 aliphatic rings.